The van der Waals surface area contributed by atoms with Gasteiger partial charge in [0.25, 0.3) is 0 Å². The van der Waals surface area contributed by atoms with Crippen LogP contribution in [0.15, 0.2) is 33.9 Å². The Kier molecular flexibility index (Phi) is 3.87. The van der Waals surface area contributed by atoms with Gasteiger partial charge in [-0.25, -0.2) is 4.98 Å². The molecule has 84 valence electrons. The molecule has 2 aromatic rings. The van der Waals surface area contributed by atoms with Crippen LogP contribution in [-0.2, 0) is 0 Å². The quantitative estimate of drug-likeness (QED) is 0.907. The maximum atomic E-state index is 9.59. The van der Waals surface area contributed by atoms with Crippen molar-refractivity contribution in [1.29, 1.82) is 0 Å². The lowest BCUT2D eigenvalue weighted by molar-refractivity contribution is 0.169. The van der Waals surface area contributed by atoms with Gasteiger partial charge in [0.1, 0.15) is 6.33 Å². The number of hydrogen-bond donors (Lipinski definition) is 1. The third-order valence-corrected chi connectivity index (χ3v) is 3.73. The second kappa shape index (κ2) is 5.38. The molecule has 0 amide bonds. The van der Waals surface area contributed by atoms with Crippen LogP contribution < -0.4 is 0 Å². The summed E-state index contributed by atoms with van der Waals surface area (Å²) in [6.07, 6.45) is 3.49. The van der Waals surface area contributed by atoms with Crippen molar-refractivity contribution >= 4 is 23.3 Å². The highest BCUT2D eigenvalue weighted by molar-refractivity contribution is 8.01. The first-order valence-corrected chi connectivity index (χ1v) is 6.47. The van der Waals surface area contributed by atoms with Gasteiger partial charge in [0, 0.05) is 11.1 Å². The summed E-state index contributed by atoms with van der Waals surface area (Å²) < 4.78 is 4.82. The van der Waals surface area contributed by atoms with E-state index in [9.17, 15) is 5.11 Å². The van der Waals surface area contributed by atoms with Gasteiger partial charge in [-0.1, -0.05) is 18.7 Å². The van der Waals surface area contributed by atoms with Crippen LogP contribution in [0.25, 0.3) is 0 Å². The van der Waals surface area contributed by atoms with Gasteiger partial charge < -0.3 is 5.11 Å². The predicted octanol–water partition coefficient (Wildman–Crippen LogP) is 2.53. The molecular formula is C10H11N3OS2. The number of aliphatic hydroxyl groups is 1. The average molecular weight is 253 g/mol. The van der Waals surface area contributed by atoms with E-state index in [4.69, 9.17) is 0 Å². The number of aromatic nitrogens is 3. The highest BCUT2D eigenvalue weighted by Crippen LogP contribution is 2.28. The summed E-state index contributed by atoms with van der Waals surface area (Å²) in [4.78, 5) is 9.30. The summed E-state index contributed by atoms with van der Waals surface area (Å²) in [5.74, 6) is 0. The van der Waals surface area contributed by atoms with E-state index in [1.807, 2.05) is 19.1 Å². The van der Waals surface area contributed by atoms with Gasteiger partial charge in [-0.2, -0.15) is 4.37 Å². The van der Waals surface area contributed by atoms with E-state index in [-0.39, 0.29) is 0 Å². The van der Waals surface area contributed by atoms with Crippen molar-refractivity contribution in [3.05, 3.63) is 30.4 Å². The molecule has 0 saturated heterocycles. The fraction of sp³-hybridized carbons (Fsp3) is 0.300. The summed E-state index contributed by atoms with van der Waals surface area (Å²) in [5.41, 5.74) is 0.712. The fourth-order valence-electron chi connectivity index (χ4n) is 1.17. The fourth-order valence-corrected chi connectivity index (χ4v) is 2.56. The third kappa shape index (κ3) is 2.78. The van der Waals surface area contributed by atoms with Gasteiger partial charge in [0.2, 0.25) is 0 Å². The predicted molar refractivity (Wildman–Crippen MR) is 63.5 cm³/mol. The summed E-state index contributed by atoms with van der Waals surface area (Å²) in [7, 11) is 0. The maximum absolute atomic E-state index is 9.59. The molecule has 2 heterocycles. The van der Waals surface area contributed by atoms with Crippen LogP contribution in [-0.4, -0.2) is 19.4 Å². The lowest BCUT2D eigenvalue weighted by atomic mass is 10.2. The molecule has 0 spiro atoms. The topological polar surface area (TPSA) is 58.9 Å². The lowest BCUT2D eigenvalue weighted by Crippen LogP contribution is -1.97. The zero-order chi connectivity index (χ0) is 11.4. The number of aliphatic hydroxyl groups excluding tert-OH is 1. The van der Waals surface area contributed by atoms with Gasteiger partial charge in [-0.05, 0) is 30.1 Å². The van der Waals surface area contributed by atoms with E-state index < -0.39 is 6.10 Å². The van der Waals surface area contributed by atoms with Crippen molar-refractivity contribution < 1.29 is 5.11 Å². The minimum Gasteiger partial charge on any atom is -0.387 e. The van der Waals surface area contributed by atoms with E-state index in [2.05, 4.69) is 14.3 Å². The molecule has 0 aromatic carbocycles. The molecule has 2 aromatic heterocycles. The molecule has 2 rings (SSSR count). The van der Waals surface area contributed by atoms with Gasteiger partial charge in [0.05, 0.1) is 11.8 Å². The van der Waals surface area contributed by atoms with Crippen LogP contribution >= 0.6 is 23.3 Å². The molecule has 0 saturated carbocycles. The summed E-state index contributed by atoms with van der Waals surface area (Å²) in [5, 5.41) is 9.59. The molecule has 1 N–H and O–H groups in total. The van der Waals surface area contributed by atoms with Crippen LogP contribution in [0.1, 0.15) is 25.1 Å². The van der Waals surface area contributed by atoms with E-state index in [0.29, 0.717) is 12.1 Å². The highest BCUT2D eigenvalue weighted by Gasteiger charge is 2.06. The summed E-state index contributed by atoms with van der Waals surface area (Å²) >= 11 is 2.88. The van der Waals surface area contributed by atoms with Crippen molar-refractivity contribution in [2.75, 3.05) is 0 Å². The number of rotatable bonds is 4. The van der Waals surface area contributed by atoms with Crippen LogP contribution in [0.3, 0.4) is 0 Å². The Labute approximate surface area is 102 Å². The van der Waals surface area contributed by atoms with Crippen molar-refractivity contribution in [2.45, 2.75) is 28.7 Å². The third-order valence-electron chi connectivity index (χ3n) is 2.03. The molecule has 1 atom stereocenters. The first kappa shape index (κ1) is 11.5. The van der Waals surface area contributed by atoms with Gasteiger partial charge >= 0.3 is 0 Å². The zero-order valence-electron chi connectivity index (χ0n) is 8.70. The molecular weight excluding hydrogens is 242 g/mol. The zero-order valence-corrected chi connectivity index (χ0v) is 10.3. The Bertz CT molecular complexity index is 430. The van der Waals surface area contributed by atoms with Gasteiger partial charge in [-0.3, -0.25) is 4.98 Å². The number of nitrogens with zero attached hydrogens (tertiary/aromatic N) is 3. The first-order valence-electron chi connectivity index (χ1n) is 4.88. The van der Waals surface area contributed by atoms with Crippen molar-refractivity contribution in [3.63, 3.8) is 0 Å². The van der Waals surface area contributed by atoms with Crippen molar-refractivity contribution in [2.24, 2.45) is 0 Å². The summed E-state index contributed by atoms with van der Waals surface area (Å²) in [6.45, 7) is 1.93. The molecule has 0 radical (unpaired) electrons. The maximum Gasteiger partial charge on any atom is 0.174 e. The molecule has 0 aliphatic carbocycles. The van der Waals surface area contributed by atoms with E-state index >= 15 is 0 Å². The molecule has 16 heavy (non-hydrogen) atoms. The van der Waals surface area contributed by atoms with Crippen LogP contribution in [0, 0.1) is 0 Å². The molecule has 6 heteroatoms. The van der Waals surface area contributed by atoms with Crippen LogP contribution in [0.4, 0.5) is 0 Å². The highest BCUT2D eigenvalue weighted by atomic mass is 32.2. The Balaban J connectivity index is 2.07. The van der Waals surface area contributed by atoms with Crippen LogP contribution in [0.2, 0.25) is 0 Å². The second-order valence-electron chi connectivity index (χ2n) is 3.15. The van der Waals surface area contributed by atoms with Crippen molar-refractivity contribution in [1.82, 2.24) is 14.3 Å². The standard InChI is InChI=1S/C10H11N3OS2/c1-2-9(14)8-4-3-7(5-11-8)15-10-12-6-13-16-10/h3-6,9,14H,2H2,1H3/t9-/m0/s1. The Morgan fingerprint density at radius 3 is 2.88 bits per heavy atom. The first-order chi connectivity index (χ1) is 7.79. The Hall–Kier alpha value is -0.980. The van der Waals surface area contributed by atoms with E-state index in [0.717, 1.165) is 9.24 Å². The normalized spacial score (nSPS) is 12.6. The van der Waals surface area contributed by atoms with Gasteiger partial charge in [-0.15, -0.1) is 0 Å². The Morgan fingerprint density at radius 2 is 2.31 bits per heavy atom. The largest absolute Gasteiger partial charge is 0.387 e. The molecule has 0 aliphatic heterocycles. The van der Waals surface area contributed by atoms with Gasteiger partial charge in [0.15, 0.2) is 4.34 Å². The summed E-state index contributed by atoms with van der Waals surface area (Å²) in [6, 6.07) is 3.78. The molecule has 0 aliphatic rings. The number of pyridine rings is 1. The minimum absolute atomic E-state index is 0.472. The smallest absolute Gasteiger partial charge is 0.174 e. The molecule has 0 fully saturated rings. The molecule has 0 bridgehead atoms. The van der Waals surface area contributed by atoms with E-state index in [1.165, 1.54) is 29.6 Å². The van der Waals surface area contributed by atoms with Crippen LogP contribution in [0.5, 0.6) is 0 Å². The Morgan fingerprint density at radius 1 is 1.44 bits per heavy atom. The number of hydrogen-bond acceptors (Lipinski definition) is 6. The molecule has 4 nitrogen and oxygen atoms in total. The molecule has 0 unspecified atom stereocenters. The SMILES string of the molecule is CC[C@H](O)c1ccc(Sc2ncns2)cn1. The monoisotopic (exact) mass is 253 g/mol. The lowest BCUT2D eigenvalue weighted by Gasteiger charge is -2.06. The minimum atomic E-state index is -0.472. The van der Waals surface area contributed by atoms with E-state index in [1.54, 1.807) is 6.20 Å². The second-order valence-corrected chi connectivity index (χ2v) is 5.25. The van der Waals surface area contributed by atoms with Crippen molar-refractivity contribution in [3.8, 4) is 0 Å². The average Bonchev–Trinajstić information content (AvgIpc) is 2.82.